The number of anilines is 1. The normalized spacial score (nSPS) is 10.8. The quantitative estimate of drug-likeness (QED) is 0.486. The molecule has 0 unspecified atom stereocenters. The molecule has 0 aliphatic heterocycles. The van der Waals surface area contributed by atoms with Gasteiger partial charge in [0.1, 0.15) is 0 Å². The van der Waals surface area contributed by atoms with Gasteiger partial charge in [-0.1, -0.05) is 36.4 Å². The molecule has 1 amide bonds. The summed E-state index contributed by atoms with van der Waals surface area (Å²) < 4.78 is 5.28. The fourth-order valence-corrected chi connectivity index (χ4v) is 3.30. The maximum Gasteiger partial charge on any atom is 0.338 e. The number of nitrogens with zero attached hydrogens (tertiary/aromatic N) is 3. The highest BCUT2D eigenvalue weighted by Gasteiger charge is 2.19. The molecule has 0 spiro atoms. The average Bonchev–Trinajstić information content (AvgIpc) is 2.77. The van der Waals surface area contributed by atoms with Crippen molar-refractivity contribution in [2.24, 2.45) is 0 Å². The van der Waals surface area contributed by atoms with Crippen LogP contribution in [0.3, 0.4) is 0 Å². The first kappa shape index (κ1) is 18.6. The summed E-state index contributed by atoms with van der Waals surface area (Å²) >= 11 is 0. The molecule has 6 nitrogen and oxygen atoms in total. The average molecular weight is 385 g/mol. The molecule has 0 N–H and O–H groups in total. The predicted molar refractivity (Wildman–Crippen MR) is 112 cm³/mol. The Balaban J connectivity index is 1.50. The van der Waals surface area contributed by atoms with E-state index in [1.807, 2.05) is 49.4 Å². The summed E-state index contributed by atoms with van der Waals surface area (Å²) in [4.78, 5) is 35.2. The van der Waals surface area contributed by atoms with E-state index in [-0.39, 0.29) is 12.5 Å². The summed E-state index contributed by atoms with van der Waals surface area (Å²) in [5, 5.41) is 2.02. The van der Waals surface area contributed by atoms with Gasteiger partial charge in [0.15, 0.2) is 6.61 Å². The first-order valence-corrected chi connectivity index (χ1v) is 9.33. The van der Waals surface area contributed by atoms with Crippen molar-refractivity contribution in [3.63, 3.8) is 0 Å². The molecular weight excluding hydrogens is 366 g/mol. The largest absolute Gasteiger partial charge is 0.452 e. The van der Waals surface area contributed by atoms with Gasteiger partial charge in [-0.3, -0.25) is 14.8 Å². The Bertz CT molecular complexity index is 1200. The minimum Gasteiger partial charge on any atom is -0.452 e. The van der Waals surface area contributed by atoms with Gasteiger partial charge in [-0.25, -0.2) is 4.79 Å². The molecule has 1 heterocycles. The Morgan fingerprint density at radius 1 is 0.931 bits per heavy atom. The van der Waals surface area contributed by atoms with Crippen molar-refractivity contribution < 1.29 is 14.3 Å². The van der Waals surface area contributed by atoms with Crippen molar-refractivity contribution in [2.75, 3.05) is 18.1 Å². The molecule has 0 fully saturated rings. The number of esters is 1. The number of likely N-dealkylation sites (N-methyl/N-ethyl adjacent to an activating group) is 1. The molecule has 0 aliphatic rings. The van der Waals surface area contributed by atoms with Gasteiger partial charge in [-0.05, 0) is 36.6 Å². The second-order valence-corrected chi connectivity index (χ2v) is 6.47. The third kappa shape index (κ3) is 3.78. The second-order valence-electron chi connectivity index (χ2n) is 6.47. The fraction of sp³-hybridized carbons (Fsp3) is 0.130. The lowest BCUT2D eigenvalue weighted by molar-refractivity contribution is -0.121. The highest BCUT2D eigenvalue weighted by molar-refractivity contribution is 6.05. The number of ether oxygens (including phenoxy) is 1. The lowest BCUT2D eigenvalue weighted by atomic mass is 10.1. The molecule has 4 aromatic rings. The van der Waals surface area contributed by atoms with Gasteiger partial charge in [0.25, 0.3) is 5.91 Å². The molecule has 0 saturated carbocycles. The van der Waals surface area contributed by atoms with Crippen LogP contribution >= 0.6 is 0 Å². The van der Waals surface area contributed by atoms with Crippen molar-refractivity contribution in [2.45, 2.75) is 6.92 Å². The van der Waals surface area contributed by atoms with Crippen LogP contribution in [0.2, 0.25) is 0 Å². The highest BCUT2D eigenvalue weighted by atomic mass is 16.5. The molecule has 1 aromatic heterocycles. The minimum atomic E-state index is -0.570. The maximum atomic E-state index is 12.8. The number of carbonyl (C=O) groups excluding carboxylic acids is 2. The van der Waals surface area contributed by atoms with Crippen LogP contribution in [0.15, 0.2) is 73.1 Å². The number of hydrogen-bond donors (Lipinski definition) is 0. The number of aromatic nitrogens is 2. The number of fused-ring (bicyclic) bond motifs is 2. The van der Waals surface area contributed by atoms with Gasteiger partial charge in [-0.2, -0.15) is 0 Å². The molecule has 4 rings (SSSR count). The molecule has 144 valence electrons. The Morgan fingerprint density at radius 3 is 2.52 bits per heavy atom. The summed E-state index contributed by atoms with van der Waals surface area (Å²) in [6.45, 7) is 2.02. The van der Waals surface area contributed by atoms with Crippen LogP contribution in [0.5, 0.6) is 0 Å². The molecule has 3 aromatic carbocycles. The van der Waals surface area contributed by atoms with Gasteiger partial charge in [0, 0.05) is 24.3 Å². The Kier molecular flexibility index (Phi) is 5.16. The zero-order valence-electron chi connectivity index (χ0n) is 15.9. The summed E-state index contributed by atoms with van der Waals surface area (Å²) in [6, 6.07) is 18.6. The van der Waals surface area contributed by atoms with E-state index >= 15 is 0 Å². The number of benzene rings is 3. The SMILES string of the molecule is CCN(C(=O)COC(=O)c1ccc2nccnc2c1)c1cccc2ccccc12. The molecule has 29 heavy (non-hydrogen) atoms. The van der Waals surface area contributed by atoms with Crippen molar-refractivity contribution in [3.8, 4) is 0 Å². The van der Waals surface area contributed by atoms with Gasteiger partial charge < -0.3 is 9.64 Å². The molecule has 0 atom stereocenters. The summed E-state index contributed by atoms with van der Waals surface area (Å²) in [5.74, 6) is -0.849. The Labute approximate surface area is 167 Å². The summed E-state index contributed by atoms with van der Waals surface area (Å²) in [5.41, 5.74) is 2.42. The first-order chi connectivity index (χ1) is 14.2. The van der Waals surface area contributed by atoms with Gasteiger partial charge in [0.05, 0.1) is 22.3 Å². The maximum absolute atomic E-state index is 12.8. The second kappa shape index (κ2) is 8.06. The van der Waals surface area contributed by atoms with Crippen LogP contribution in [0.1, 0.15) is 17.3 Å². The number of carbonyl (C=O) groups is 2. The van der Waals surface area contributed by atoms with Crippen LogP contribution in [-0.2, 0) is 9.53 Å². The van der Waals surface area contributed by atoms with E-state index in [4.69, 9.17) is 4.74 Å². The highest BCUT2D eigenvalue weighted by Crippen LogP contribution is 2.26. The van der Waals surface area contributed by atoms with Crippen LogP contribution in [-0.4, -0.2) is 35.0 Å². The van der Waals surface area contributed by atoms with Crippen LogP contribution in [0, 0.1) is 0 Å². The summed E-state index contributed by atoms with van der Waals surface area (Å²) in [6.07, 6.45) is 3.15. The van der Waals surface area contributed by atoms with Crippen molar-refractivity contribution in [1.82, 2.24) is 9.97 Å². The van der Waals surface area contributed by atoms with Crippen molar-refractivity contribution in [3.05, 3.63) is 78.6 Å². The van der Waals surface area contributed by atoms with Gasteiger partial charge in [0.2, 0.25) is 0 Å². The fourth-order valence-electron chi connectivity index (χ4n) is 3.30. The van der Waals surface area contributed by atoms with E-state index in [1.165, 1.54) is 0 Å². The lowest BCUT2D eigenvalue weighted by Gasteiger charge is -2.22. The zero-order chi connectivity index (χ0) is 20.2. The van der Waals surface area contributed by atoms with E-state index in [2.05, 4.69) is 9.97 Å². The van der Waals surface area contributed by atoms with Crippen LogP contribution in [0.4, 0.5) is 5.69 Å². The first-order valence-electron chi connectivity index (χ1n) is 9.33. The van der Waals surface area contributed by atoms with Crippen molar-refractivity contribution >= 4 is 39.4 Å². The van der Waals surface area contributed by atoms with Crippen LogP contribution < -0.4 is 4.90 Å². The topological polar surface area (TPSA) is 72.4 Å². The smallest absolute Gasteiger partial charge is 0.338 e. The van der Waals surface area contributed by atoms with E-state index in [0.717, 1.165) is 16.5 Å². The molecule has 0 aliphatic carbocycles. The minimum absolute atomic E-state index is 0.280. The van der Waals surface area contributed by atoms with E-state index in [9.17, 15) is 9.59 Å². The molecule has 6 heteroatoms. The molecule has 0 bridgehead atoms. The number of rotatable bonds is 5. The van der Waals surface area contributed by atoms with Crippen LogP contribution in [0.25, 0.3) is 21.8 Å². The Hall–Kier alpha value is -3.80. The van der Waals surface area contributed by atoms with Crippen molar-refractivity contribution in [1.29, 1.82) is 0 Å². The zero-order valence-corrected chi connectivity index (χ0v) is 15.9. The standard InChI is InChI=1S/C23H19N3O3/c1-2-26(21-9-5-7-16-6-3-4-8-18(16)21)22(27)15-29-23(28)17-10-11-19-20(14-17)25-13-12-24-19/h3-14H,2,15H2,1H3. The monoisotopic (exact) mass is 385 g/mol. The summed E-state index contributed by atoms with van der Waals surface area (Å²) in [7, 11) is 0. The molecular formula is C23H19N3O3. The number of amides is 1. The third-order valence-corrected chi connectivity index (χ3v) is 4.71. The van der Waals surface area contributed by atoms with E-state index in [1.54, 1.807) is 35.5 Å². The molecule has 0 saturated heterocycles. The van der Waals surface area contributed by atoms with E-state index < -0.39 is 5.97 Å². The van der Waals surface area contributed by atoms with Gasteiger partial charge in [-0.15, -0.1) is 0 Å². The molecule has 0 radical (unpaired) electrons. The Morgan fingerprint density at radius 2 is 1.69 bits per heavy atom. The third-order valence-electron chi connectivity index (χ3n) is 4.71. The van der Waals surface area contributed by atoms with E-state index in [0.29, 0.717) is 23.1 Å². The lowest BCUT2D eigenvalue weighted by Crippen LogP contribution is -2.34. The number of hydrogen-bond acceptors (Lipinski definition) is 5. The van der Waals surface area contributed by atoms with Gasteiger partial charge >= 0.3 is 5.97 Å². The predicted octanol–water partition coefficient (Wildman–Crippen LogP) is 3.99.